The molecule has 0 unspecified atom stereocenters. The Balaban J connectivity index is 0.00000408. The van der Waals surface area contributed by atoms with Gasteiger partial charge in [0, 0.05) is 49.3 Å². The van der Waals surface area contributed by atoms with Crippen molar-refractivity contribution in [1.29, 1.82) is 0 Å². The van der Waals surface area contributed by atoms with Crippen molar-refractivity contribution >= 4 is 43.7 Å². The van der Waals surface area contributed by atoms with Crippen LogP contribution < -0.4 is 0 Å². The van der Waals surface area contributed by atoms with Crippen LogP contribution in [0.25, 0.3) is 105 Å². The standard InChI is InChI=1S/C52H32N3O2.Pt/c56-46-25-12-10-21-42(46)52-54-50-41(22-13-24-45(50)55(52)44-23-11-9-19-39(44)34-16-5-2-6-17-34)37-30-36(33-14-3-1-4-15-33)31-38(32-37)49-51-43(28-29-53-49)48-40-20-8-7-18-35(40)26-27-47(48)57-51;/h1-31,56H;/q-1;. The van der Waals surface area contributed by atoms with Crippen LogP contribution in [0.1, 0.15) is 0 Å². The molecule has 0 saturated carbocycles. The summed E-state index contributed by atoms with van der Waals surface area (Å²) in [5.74, 6) is 0.796. The summed E-state index contributed by atoms with van der Waals surface area (Å²) in [4.78, 5) is 10.4. The second-order valence-electron chi connectivity index (χ2n) is 14.2. The third-order valence-electron chi connectivity index (χ3n) is 10.9. The average Bonchev–Trinajstić information content (AvgIpc) is 3.86. The van der Waals surface area contributed by atoms with Gasteiger partial charge in [0.05, 0.1) is 22.3 Å². The quantitative estimate of drug-likeness (QED) is 0.169. The molecule has 0 spiro atoms. The second kappa shape index (κ2) is 14.5. The van der Waals surface area contributed by atoms with E-state index in [9.17, 15) is 5.11 Å². The van der Waals surface area contributed by atoms with E-state index in [2.05, 4.69) is 138 Å². The first-order valence-corrected chi connectivity index (χ1v) is 19.0. The Kier molecular flexibility index (Phi) is 8.81. The first-order valence-electron chi connectivity index (χ1n) is 19.0. The summed E-state index contributed by atoms with van der Waals surface area (Å²) in [6.07, 6.45) is 1.86. The smallest absolute Gasteiger partial charge is 0.148 e. The van der Waals surface area contributed by atoms with Crippen LogP contribution in [0, 0.1) is 6.07 Å². The molecule has 1 N–H and O–H groups in total. The van der Waals surface area contributed by atoms with Gasteiger partial charge in [-0.1, -0.05) is 150 Å². The number of nitrogens with zero attached hydrogens (tertiary/aromatic N) is 3. The molecule has 3 heterocycles. The van der Waals surface area contributed by atoms with Gasteiger partial charge in [-0.2, -0.15) is 0 Å². The number of fused-ring (bicyclic) bond motifs is 6. The van der Waals surface area contributed by atoms with Crippen molar-refractivity contribution < 1.29 is 30.6 Å². The number of phenols is 1. The second-order valence-corrected chi connectivity index (χ2v) is 14.2. The number of hydrogen-bond donors (Lipinski definition) is 1. The van der Waals surface area contributed by atoms with Crippen molar-refractivity contribution in [2.75, 3.05) is 0 Å². The van der Waals surface area contributed by atoms with Crippen molar-refractivity contribution in [3.8, 4) is 67.5 Å². The number of pyridine rings is 1. The number of furan rings is 1. The van der Waals surface area contributed by atoms with Crippen molar-refractivity contribution in [2.24, 2.45) is 0 Å². The fourth-order valence-corrected chi connectivity index (χ4v) is 8.24. The Morgan fingerprint density at radius 2 is 1.24 bits per heavy atom. The van der Waals surface area contributed by atoms with Gasteiger partial charge in [0.25, 0.3) is 0 Å². The molecule has 0 fully saturated rings. The third-order valence-corrected chi connectivity index (χ3v) is 10.9. The first kappa shape index (κ1) is 35.3. The minimum Gasteiger partial charge on any atom is -0.507 e. The van der Waals surface area contributed by atoms with Crippen LogP contribution in [-0.4, -0.2) is 19.6 Å². The Bertz CT molecular complexity index is 3320. The van der Waals surface area contributed by atoms with E-state index < -0.39 is 0 Å². The van der Waals surface area contributed by atoms with Gasteiger partial charge in [-0.3, -0.25) is 9.55 Å². The summed E-state index contributed by atoms with van der Waals surface area (Å²) in [5.41, 5.74) is 12.3. The SMILES string of the molecule is Oc1ccccc1-c1nc2c(-c3[c-]c(-c4nccc5c4oc4ccc6ccccc6c45)cc(-c4ccccc4)c3)cccc2n1-c1ccccc1-c1ccccc1.[Pt]. The van der Waals surface area contributed by atoms with Crippen LogP contribution in [-0.2, 0) is 21.1 Å². The molecular weight excluding hydrogens is 894 g/mol. The third kappa shape index (κ3) is 5.82. The summed E-state index contributed by atoms with van der Waals surface area (Å²) in [6, 6.07) is 65.5. The van der Waals surface area contributed by atoms with Crippen LogP contribution in [0.15, 0.2) is 193 Å². The molecule has 0 aliphatic carbocycles. The van der Waals surface area contributed by atoms with Gasteiger partial charge in [0.15, 0.2) is 0 Å². The van der Waals surface area contributed by atoms with Gasteiger partial charge in [0.2, 0.25) is 0 Å². The van der Waals surface area contributed by atoms with Crippen LogP contribution in [0.5, 0.6) is 5.75 Å². The molecule has 3 aromatic heterocycles. The van der Waals surface area contributed by atoms with E-state index >= 15 is 0 Å². The van der Waals surface area contributed by atoms with Gasteiger partial charge >= 0.3 is 0 Å². The van der Waals surface area contributed by atoms with E-state index in [0.29, 0.717) is 11.4 Å². The molecule has 0 amide bonds. The van der Waals surface area contributed by atoms with E-state index in [1.54, 1.807) is 6.07 Å². The maximum Gasteiger partial charge on any atom is 0.148 e. The summed E-state index contributed by atoms with van der Waals surface area (Å²) in [6.45, 7) is 0. The summed E-state index contributed by atoms with van der Waals surface area (Å²) in [7, 11) is 0. The maximum atomic E-state index is 11.3. The number of phenolic OH excluding ortho intramolecular Hbond substituents is 1. The molecule has 11 aromatic rings. The zero-order valence-corrected chi connectivity index (χ0v) is 33.2. The topological polar surface area (TPSA) is 64.1 Å². The van der Waals surface area contributed by atoms with Crippen LogP contribution in [0.3, 0.4) is 0 Å². The summed E-state index contributed by atoms with van der Waals surface area (Å²) < 4.78 is 8.83. The van der Waals surface area contributed by atoms with E-state index in [1.807, 2.05) is 54.7 Å². The van der Waals surface area contributed by atoms with Crippen LogP contribution in [0.2, 0.25) is 0 Å². The fraction of sp³-hybridized carbons (Fsp3) is 0. The maximum absolute atomic E-state index is 11.3. The zero-order chi connectivity index (χ0) is 37.9. The van der Waals surface area contributed by atoms with Crippen LogP contribution >= 0.6 is 0 Å². The van der Waals surface area contributed by atoms with Gasteiger partial charge in [-0.05, 0) is 58.3 Å². The Hall–Kier alpha value is -7.07. The van der Waals surface area contributed by atoms with E-state index in [1.165, 1.54) is 0 Å². The van der Waals surface area contributed by atoms with E-state index in [0.717, 1.165) is 94.1 Å². The minimum atomic E-state index is 0. The zero-order valence-electron chi connectivity index (χ0n) is 30.9. The molecule has 6 heteroatoms. The van der Waals surface area contributed by atoms with E-state index in [-0.39, 0.29) is 26.8 Å². The van der Waals surface area contributed by atoms with Gasteiger partial charge < -0.3 is 9.52 Å². The number of hydrogen-bond acceptors (Lipinski definition) is 4. The van der Waals surface area contributed by atoms with Gasteiger partial charge in [0.1, 0.15) is 22.7 Å². The molecule has 0 saturated heterocycles. The number of para-hydroxylation sites is 3. The Morgan fingerprint density at radius 3 is 2.07 bits per heavy atom. The number of benzene rings is 8. The van der Waals surface area contributed by atoms with E-state index in [4.69, 9.17) is 14.4 Å². The molecule has 0 aliphatic heterocycles. The predicted octanol–water partition coefficient (Wildman–Crippen LogP) is 13.3. The average molecular weight is 926 g/mol. The largest absolute Gasteiger partial charge is 0.507 e. The molecule has 8 aromatic carbocycles. The van der Waals surface area contributed by atoms with Crippen molar-refractivity contribution in [2.45, 2.75) is 0 Å². The van der Waals surface area contributed by atoms with Crippen LogP contribution in [0.4, 0.5) is 0 Å². The molecule has 5 nitrogen and oxygen atoms in total. The number of aromatic hydroxyl groups is 1. The molecule has 278 valence electrons. The van der Waals surface area contributed by atoms with Crippen molar-refractivity contribution in [3.63, 3.8) is 0 Å². The molecule has 0 radical (unpaired) electrons. The summed E-state index contributed by atoms with van der Waals surface area (Å²) in [5, 5.41) is 15.7. The number of rotatable bonds is 6. The normalized spacial score (nSPS) is 11.4. The Morgan fingerprint density at radius 1 is 0.552 bits per heavy atom. The molecule has 0 bridgehead atoms. The summed E-state index contributed by atoms with van der Waals surface area (Å²) >= 11 is 0. The molecule has 0 atom stereocenters. The Labute approximate surface area is 348 Å². The van der Waals surface area contributed by atoms with Crippen molar-refractivity contribution in [3.05, 3.63) is 194 Å². The number of imidazole rings is 1. The fourth-order valence-electron chi connectivity index (χ4n) is 8.24. The minimum absolute atomic E-state index is 0. The molecule has 0 aliphatic rings. The van der Waals surface area contributed by atoms with Crippen molar-refractivity contribution in [1.82, 2.24) is 14.5 Å². The van der Waals surface area contributed by atoms with Gasteiger partial charge in [-0.15, -0.1) is 23.8 Å². The molecule has 11 rings (SSSR count). The number of aromatic nitrogens is 3. The molecule has 58 heavy (non-hydrogen) atoms. The monoisotopic (exact) mass is 925 g/mol. The van der Waals surface area contributed by atoms with Gasteiger partial charge in [-0.25, -0.2) is 4.98 Å². The predicted molar refractivity (Wildman–Crippen MR) is 231 cm³/mol. The molecular formula is C52H32N3O2Pt-. The first-order chi connectivity index (χ1) is 28.2.